The average molecular weight is 204 g/mol. The fourth-order valence-electron chi connectivity index (χ4n) is 1.69. The maximum Gasteiger partial charge on any atom is 0.0417 e. The molecule has 0 amide bonds. The number of benzene rings is 2. The van der Waals surface area contributed by atoms with E-state index >= 15 is 0 Å². The molecule has 0 aliphatic rings. The summed E-state index contributed by atoms with van der Waals surface area (Å²) in [5, 5.41) is 3.21. The Morgan fingerprint density at radius 1 is 0.875 bits per heavy atom. The molecule has 0 aliphatic heterocycles. The predicted octanol–water partition coefficient (Wildman–Crippen LogP) is 3.32. The summed E-state index contributed by atoms with van der Waals surface area (Å²) in [6.07, 6.45) is 0. The van der Waals surface area contributed by atoms with Crippen molar-refractivity contribution in [2.45, 2.75) is 6.92 Å². The minimum atomic E-state index is 0. The van der Waals surface area contributed by atoms with Crippen LogP contribution in [-0.4, -0.2) is 25.9 Å². The summed E-state index contributed by atoms with van der Waals surface area (Å²) in [5.41, 5.74) is 4.97. The van der Waals surface area contributed by atoms with Gasteiger partial charge in [0.05, 0.1) is 0 Å². The smallest absolute Gasteiger partial charge is 0.0417 e. The molecule has 0 bridgehead atoms. The molecule has 0 spiro atoms. The molecule has 0 fully saturated rings. The van der Waals surface area contributed by atoms with Crippen molar-refractivity contribution in [1.82, 2.24) is 0 Å². The zero-order valence-corrected chi connectivity index (χ0v) is 10.1. The summed E-state index contributed by atoms with van der Waals surface area (Å²) >= 11 is 0. The van der Waals surface area contributed by atoms with Gasteiger partial charge in [0, 0.05) is 37.2 Å². The summed E-state index contributed by atoms with van der Waals surface area (Å²) < 4.78 is 0. The maximum absolute atomic E-state index is 3.21. The molecule has 0 saturated carbocycles. The van der Waals surface area contributed by atoms with Crippen LogP contribution in [0.4, 0.5) is 5.69 Å². The van der Waals surface area contributed by atoms with Crippen LogP contribution in [0.25, 0.3) is 11.1 Å². The van der Waals surface area contributed by atoms with Crippen molar-refractivity contribution in [3.63, 3.8) is 0 Å². The molecule has 0 unspecified atom stereocenters. The van der Waals surface area contributed by atoms with E-state index in [2.05, 4.69) is 54.7 Å². The van der Waals surface area contributed by atoms with Crippen LogP contribution >= 0.6 is 0 Å². The normalized spacial score (nSPS) is 9.38. The van der Waals surface area contributed by atoms with Crippen LogP contribution in [0.1, 0.15) is 5.56 Å². The number of hydrogen-bond donors (Lipinski definition) is 1. The summed E-state index contributed by atoms with van der Waals surface area (Å²) in [4.78, 5) is 0. The molecule has 0 aromatic heterocycles. The fourth-order valence-corrected chi connectivity index (χ4v) is 1.69. The molecule has 0 aliphatic carbocycles. The molecule has 1 N–H and O–H groups in total. The van der Waals surface area contributed by atoms with Crippen molar-refractivity contribution in [3.8, 4) is 11.1 Å². The molecule has 16 heavy (non-hydrogen) atoms. The van der Waals surface area contributed by atoms with Gasteiger partial charge in [0.2, 0.25) is 0 Å². The largest absolute Gasteiger partial charge is 0.388 e. The van der Waals surface area contributed by atoms with Gasteiger partial charge >= 0.3 is 0 Å². The Balaban J connectivity index is 0.00000128. The van der Waals surface area contributed by atoms with Crippen LogP contribution in [-0.2, 0) is 0 Å². The molecule has 77 valence electrons. The van der Waals surface area contributed by atoms with Gasteiger partial charge in [-0.2, -0.15) is 0 Å². The Hall–Kier alpha value is -1.16. The summed E-state index contributed by atoms with van der Waals surface area (Å²) in [7, 11) is 1.95. The quantitative estimate of drug-likeness (QED) is 0.740. The molecule has 0 heterocycles. The summed E-state index contributed by atoms with van der Waals surface area (Å²) in [6, 6.07) is 16.9. The molecular formula is C14H15LiN. The first kappa shape index (κ1) is 12.9. The fraction of sp³-hybridized carbons (Fsp3) is 0.143. The third-order valence-corrected chi connectivity index (χ3v) is 2.56. The maximum atomic E-state index is 3.21. The first-order valence-electron chi connectivity index (χ1n) is 5.15. The van der Waals surface area contributed by atoms with Gasteiger partial charge in [0.1, 0.15) is 0 Å². The van der Waals surface area contributed by atoms with E-state index < -0.39 is 0 Å². The van der Waals surface area contributed by atoms with Gasteiger partial charge in [-0.15, -0.1) is 0 Å². The second-order valence-corrected chi connectivity index (χ2v) is 3.66. The van der Waals surface area contributed by atoms with Gasteiger partial charge in [-0.25, -0.2) is 0 Å². The Labute approximate surface area is 109 Å². The number of rotatable bonds is 2. The second kappa shape index (κ2) is 5.79. The predicted molar refractivity (Wildman–Crippen MR) is 71.9 cm³/mol. The molecule has 2 heteroatoms. The Bertz CT molecular complexity index is 449. The van der Waals surface area contributed by atoms with Gasteiger partial charge < -0.3 is 5.32 Å². The van der Waals surface area contributed by atoms with Crippen LogP contribution in [0.2, 0.25) is 0 Å². The van der Waals surface area contributed by atoms with Crippen molar-refractivity contribution in [2.24, 2.45) is 0 Å². The molecule has 2 aromatic carbocycles. The van der Waals surface area contributed by atoms with E-state index in [0.29, 0.717) is 0 Å². The third kappa shape index (κ3) is 2.69. The molecule has 1 radical (unpaired) electrons. The minimum absolute atomic E-state index is 0. The monoisotopic (exact) mass is 204 g/mol. The van der Waals surface area contributed by atoms with Crippen LogP contribution < -0.4 is 5.32 Å². The summed E-state index contributed by atoms with van der Waals surface area (Å²) in [6.45, 7) is 2.10. The summed E-state index contributed by atoms with van der Waals surface area (Å²) in [5.74, 6) is 0. The van der Waals surface area contributed by atoms with Crippen LogP contribution in [0, 0.1) is 6.92 Å². The Morgan fingerprint density at radius 2 is 1.50 bits per heavy atom. The van der Waals surface area contributed by atoms with Gasteiger partial charge in [0.25, 0.3) is 0 Å². The first-order chi connectivity index (χ1) is 7.31. The number of hydrogen-bond acceptors (Lipinski definition) is 1. The average Bonchev–Trinajstić information content (AvgIpc) is 2.30. The van der Waals surface area contributed by atoms with Crippen molar-refractivity contribution >= 4 is 24.5 Å². The van der Waals surface area contributed by atoms with E-state index in [9.17, 15) is 0 Å². The molecule has 2 rings (SSSR count). The van der Waals surface area contributed by atoms with E-state index in [4.69, 9.17) is 0 Å². The van der Waals surface area contributed by atoms with Crippen LogP contribution in [0.15, 0.2) is 48.5 Å². The van der Waals surface area contributed by atoms with E-state index in [1.807, 2.05) is 13.1 Å². The topological polar surface area (TPSA) is 12.0 Å². The van der Waals surface area contributed by atoms with Gasteiger partial charge in [0.15, 0.2) is 0 Å². The number of nitrogens with one attached hydrogen (secondary N) is 1. The number of aryl methyl sites for hydroxylation is 1. The van der Waals surface area contributed by atoms with Crippen molar-refractivity contribution in [1.29, 1.82) is 0 Å². The first-order valence-corrected chi connectivity index (χ1v) is 5.15. The standard InChI is InChI=1S/C14H15N.Li/c1-11-7-9-12(10-8-11)13-5-3-4-6-14(13)15-2;/h3-10,15H,1-2H3;. The van der Waals surface area contributed by atoms with Crippen LogP contribution in [0.3, 0.4) is 0 Å². The zero-order chi connectivity index (χ0) is 10.7. The zero-order valence-electron chi connectivity index (χ0n) is 10.1. The van der Waals surface area contributed by atoms with Gasteiger partial charge in [-0.05, 0) is 18.6 Å². The molecule has 1 nitrogen and oxygen atoms in total. The SMILES string of the molecule is CNc1ccccc1-c1ccc(C)cc1.[Li]. The van der Waals surface area contributed by atoms with Crippen LogP contribution in [0.5, 0.6) is 0 Å². The molecule has 2 aromatic rings. The van der Waals surface area contributed by atoms with E-state index in [0.717, 1.165) is 0 Å². The van der Waals surface area contributed by atoms with E-state index in [1.165, 1.54) is 22.4 Å². The minimum Gasteiger partial charge on any atom is -0.388 e. The van der Waals surface area contributed by atoms with E-state index in [-0.39, 0.29) is 18.9 Å². The van der Waals surface area contributed by atoms with Crippen molar-refractivity contribution in [3.05, 3.63) is 54.1 Å². The van der Waals surface area contributed by atoms with E-state index in [1.54, 1.807) is 0 Å². The number of anilines is 1. The van der Waals surface area contributed by atoms with Crippen molar-refractivity contribution in [2.75, 3.05) is 12.4 Å². The number of para-hydroxylation sites is 1. The second-order valence-electron chi connectivity index (χ2n) is 3.66. The molecule has 0 atom stereocenters. The Morgan fingerprint density at radius 3 is 2.12 bits per heavy atom. The molecule has 0 saturated heterocycles. The van der Waals surface area contributed by atoms with Crippen molar-refractivity contribution < 1.29 is 0 Å². The third-order valence-electron chi connectivity index (χ3n) is 2.56. The molecular weight excluding hydrogens is 189 g/mol. The van der Waals surface area contributed by atoms with Gasteiger partial charge in [-0.3, -0.25) is 0 Å². The van der Waals surface area contributed by atoms with Gasteiger partial charge in [-0.1, -0.05) is 48.0 Å². The Kier molecular flexibility index (Phi) is 4.67.